The van der Waals surface area contributed by atoms with Gasteiger partial charge in [-0.25, -0.2) is 0 Å². The molecule has 2 heteroatoms. The number of hydrogen-bond donors (Lipinski definition) is 1. The summed E-state index contributed by atoms with van der Waals surface area (Å²) in [6.45, 7) is 5.84. The normalized spacial score (nSPS) is 10.5. The van der Waals surface area contributed by atoms with Crippen LogP contribution in [0.3, 0.4) is 0 Å². The van der Waals surface area contributed by atoms with Crippen LogP contribution in [0.1, 0.15) is 18.1 Å². The Morgan fingerprint density at radius 1 is 1.36 bits per heavy atom. The Labute approximate surface area is 84.6 Å². The zero-order chi connectivity index (χ0) is 10.6. The summed E-state index contributed by atoms with van der Waals surface area (Å²) in [6, 6.07) is 5.95. The number of amides is 1. The van der Waals surface area contributed by atoms with Crippen LogP contribution in [-0.4, -0.2) is 5.91 Å². The van der Waals surface area contributed by atoms with Crippen LogP contribution in [0.5, 0.6) is 0 Å². The molecule has 0 saturated carbocycles. The van der Waals surface area contributed by atoms with Gasteiger partial charge in [0.2, 0.25) is 5.91 Å². The minimum absolute atomic E-state index is 0.0838. The van der Waals surface area contributed by atoms with E-state index in [1.807, 2.05) is 39.0 Å². The fourth-order valence-electron chi connectivity index (χ4n) is 1.28. The van der Waals surface area contributed by atoms with Crippen molar-refractivity contribution in [3.8, 4) is 0 Å². The summed E-state index contributed by atoms with van der Waals surface area (Å²) >= 11 is 0. The first-order chi connectivity index (χ1) is 6.63. The van der Waals surface area contributed by atoms with Crippen LogP contribution in [0.25, 0.3) is 0 Å². The number of carbonyl (C=O) groups is 1. The quantitative estimate of drug-likeness (QED) is 0.712. The molecule has 0 aliphatic heterocycles. The lowest BCUT2D eigenvalue weighted by Crippen LogP contribution is -2.08. The Bertz CT molecular complexity index is 367. The SMILES string of the molecule is CC=CC(=O)Nc1ccc(C)cc1C. The molecular weight excluding hydrogens is 174 g/mol. The third-order valence-corrected chi connectivity index (χ3v) is 1.96. The molecule has 1 aromatic carbocycles. The van der Waals surface area contributed by atoms with Crippen molar-refractivity contribution in [3.63, 3.8) is 0 Å². The van der Waals surface area contributed by atoms with E-state index in [0.29, 0.717) is 0 Å². The van der Waals surface area contributed by atoms with Crippen LogP contribution in [0.15, 0.2) is 30.4 Å². The lowest BCUT2D eigenvalue weighted by molar-refractivity contribution is -0.111. The highest BCUT2D eigenvalue weighted by Gasteiger charge is 2.00. The van der Waals surface area contributed by atoms with E-state index in [0.717, 1.165) is 11.3 Å². The van der Waals surface area contributed by atoms with Gasteiger partial charge in [-0.1, -0.05) is 23.8 Å². The highest BCUT2D eigenvalue weighted by atomic mass is 16.1. The fourth-order valence-corrected chi connectivity index (χ4v) is 1.28. The second-order valence-electron chi connectivity index (χ2n) is 3.31. The molecule has 0 aliphatic rings. The summed E-state index contributed by atoms with van der Waals surface area (Å²) in [6.07, 6.45) is 3.23. The molecule has 0 fully saturated rings. The highest BCUT2D eigenvalue weighted by molar-refractivity contribution is 5.99. The van der Waals surface area contributed by atoms with Gasteiger partial charge in [-0.2, -0.15) is 0 Å². The molecule has 1 amide bonds. The first kappa shape index (κ1) is 10.5. The predicted molar refractivity (Wildman–Crippen MR) is 59.4 cm³/mol. The molecule has 0 aromatic heterocycles. The maximum Gasteiger partial charge on any atom is 0.248 e. The van der Waals surface area contributed by atoms with Crippen LogP contribution >= 0.6 is 0 Å². The fraction of sp³-hybridized carbons (Fsp3) is 0.250. The van der Waals surface area contributed by atoms with Crippen molar-refractivity contribution in [3.05, 3.63) is 41.5 Å². The van der Waals surface area contributed by atoms with Gasteiger partial charge in [-0.15, -0.1) is 0 Å². The van der Waals surface area contributed by atoms with Crippen LogP contribution < -0.4 is 5.32 Å². The molecule has 0 unspecified atom stereocenters. The third kappa shape index (κ3) is 2.73. The number of anilines is 1. The summed E-state index contributed by atoms with van der Waals surface area (Å²) in [4.78, 5) is 11.3. The average molecular weight is 189 g/mol. The Balaban J connectivity index is 2.82. The van der Waals surface area contributed by atoms with Crippen molar-refractivity contribution in [1.29, 1.82) is 0 Å². The maximum absolute atomic E-state index is 11.3. The number of hydrogen-bond acceptors (Lipinski definition) is 1. The van der Waals surface area contributed by atoms with Crippen LogP contribution in [0, 0.1) is 13.8 Å². The molecule has 0 atom stereocenters. The molecule has 0 heterocycles. The Hall–Kier alpha value is -1.57. The maximum atomic E-state index is 11.3. The lowest BCUT2D eigenvalue weighted by Gasteiger charge is -2.06. The summed E-state index contributed by atoms with van der Waals surface area (Å²) in [7, 11) is 0. The molecule has 0 spiro atoms. The molecule has 74 valence electrons. The number of carbonyl (C=O) groups excluding carboxylic acids is 1. The summed E-state index contributed by atoms with van der Waals surface area (Å²) < 4.78 is 0. The molecule has 1 aromatic rings. The molecule has 1 rings (SSSR count). The monoisotopic (exact) mass is 189 g/mol. The molecule has 0 bridgehead atoms. The molecule has 1 N–H and O–H groups in total. The number of aryl methyl sites for hydroxylation is 2. The molecule has 0 radical (unpaired) electrons. The smallest absolute Gasteiger partial charge is 0.248 e. The van der Waals surface area contributed by atoms with Gasteiger partial charge in [0.25, 0.3) is 0 Å². The van der Waals surface area contributed by atoms with E-state index in [9.17, 15) is 4.79 Å². The van der Waals surface area contributed by atoms with E-state index < -0.39 is 0 Å². The Morgan fingerprint density at radius 3 is 2.64 bits per heavy atom. The highest BCUT2D eigenvalue weighted by Crippen LogP contribution is 2.15. The largest absolute Gasteiger partial charge is 0.322 e. The van der Waals surface area contributed by atoms with Crippen molar-refractivity contribution in [2.45, 2.75) is 20.8 Å². The zero-order valence-corrected chi connectivity index (χ0v) is 8.79. The number of allylic oxidation sites excluding steroid dienone is 1. The van der Waals surface area contributed by atoms with Crippen molar-refractivity contribution < 1.29 is 4.79 Å². The second-order valence-corrected chi connectivity index (χ2v) is 3.31. The molecule has 0 saturated heterocycles. The van der Waals surface area contributed by atoms with Gasteiger partial charge < -0.3 is 5.32 Å². The summed E-state index contributed by atoms with van der Waals surface area (Å²) in [5.41, 5.74) is 3.16. The van der Waals surface area contributed by atoms with Gasteiger partial charge in [0, 0.05) is 5.69 Å². The standard InChI is InChI=1S/C12H15NO/c1-4-5-12(14)13-11-7-6-9(2)8-10(11)3/h4-8H,1-3H3,(H,13,14). The van der Waals surface area contributed by atoms with Crippen LogP contribution in [-0.2, 0) is 4.79 Å². The molecule has 0 aliphatic carbocycles. The van der Waals surface area contributed by atoms with Crippen molar-refractivity contribution in [2.24, 2.45) is 0 Å². The lowest BCUT2D eigenvalue weighted by atomic mass is 10.1. The van der Waals surface area contributed by atoms with Gasteiger partial charge in [0.05, 0.1) is 0 Å². The van der Waals surface area contributed by atoms with Crippen LogP contribution in [0.2, 0.25) is 0 Å². The Kier molecular flexibility index (Phi) is 3.46. The van der Waals surface area contributed by atoms with Crippen molar-refractivity contribution in [2.75, 3.05) is 5.32 Å². The first-order valence-corrected chi connectivity index (χ1v) is 4.64. The number of rotatable bonds is 2. The van der Waals surface area contributed by atoms with Crippen molar-refractivity contribution >= 4 is 11.6 Å². The zero-order valence-electron chi connectivity index (χ0n) is 8.79. The molecule has 14 heavy (non-hydrogen) atoms. The van der Waals surface area contributed by atoms with E-state index in [1.54, 1.807) is 6.08 Å². The minimum Gasteiger partial charge on any atom is -0.322 e. The van der Waals surface area contributed by atoms with E-state index in [2.05, 4.69) is 5.32 Å². The van der Waals surface area contributed by atoms with Gasteiger partial charge in [-0.05, 0) is 38.5 Å². The van der Waals surface area contributed by atoms with E-state index in [1.165, 1.54) is 11.6 Å². The van der Waals surface area contributed by atoms with Gasteiger partial charge >= 0.3 is 0 Å². The van der Waals surface area contributed by atoms with Gasteiger partial charge in [0.1, 0.15) is 0 Å². The minimum atomic E-state index is -0.0838. The first-order valence-electron chi connectivity index (χ1n) is 4.64. The van der Waals surface area contributed by atoms with E-state index in [-0.39, 0.29) is 5.91 Å². The number of benzene rings is 1. The van der Waals surface area contributed by atoms with Crippen molar-refractivity contribution in [1.82, 2.24) is 0 Å². The summed E-state index contributed by atoms with van der Waals surface area (Å²) in [5.74, 6) is -0.0838. The second kappa shape index (κ2) is 4.61. The van der Waals surface area contributed by atoms with Crippen LogP contribution in [0.4, 0.5) is 5.69 Å². The third-order valence-electron chi connectivity index (χ3n) is 1.96. The van der Waals surface area contributed by atoms with Gasteiger partial charge in [-0.3, -0.25) is 4.79 Å². The summed E-state index contributed by atoms with van der Waals surface area (Å²) in [5, 5.41) is 2.81. The number of nitrogens with one attached hydrogen (secondary N) is 1. The molecular formula is C12H15NO. The topological polar surface area (TPSA) is 29.1 Å². The van der Waals surface area contributed by atoms with E-state index in [4.69, 9.17) is 0 Å². The van der Waals surface area contributed by atoms with E-state index >= 15 is 0 Å². The Morgan fingerprint density at radius 2 is 2.07 bits per heavy atom. The predicted octanol–water partition coefficient (Wildman–Crippen LogP) is 2.82. The van der Waals surface area contributed by atoms with Gasteiger partial charge in [0.15, 0.2) is 0 Å². The molecule has 2 nitrogen and oxygen atoms in total. The average Bonchev–Trinajstić information content (AvgIpc) is 2.10.